The Labute approximate surface area is 91.4 Å². The molecule has 0 rings (SSSR count). The van der Waals surface area contributed by atoms with Crippen LogP contribution < -0.4 is 11.3 Å². The number of nitrogens with two attached hydrogens (primary N) is 1. The van der Waals surface area contributed by atoms with Crippen LogP contribution in [0.3, 0.4) is 0 Å². The Morgan fingerprint density at radius 3 is 1.80 bits per heavy atom. The third kappa shape index (κ3) is 5.24. The summed E-state index contributed by atoms with van der Waals surface area (Å²) in [5.41, 5.74) is 2.05. The van der Waals surface area contributed by atoms with Crippen molar-refractivity contribution in [2.24, 2.45) is 5.84 Å². The number of hydrogen-bond donors (Lipinski definition) is 2. The fourth-order valence-electron chi connectivity index (χ4n) is 1.19. The molecule has 90 valence electrons. The second-order valence-corrected chi connectivity index (χ2v) is 5.31. The molecule has 0 unspecified atom stereocenters. The van der Waals surface area contributed by atoms with Gasteiger partial charge >= 0.3 is 8.80 Å². The van der Waals surface area contributed by atoms with E-state index in [-0.39, 0.29) is 12.0 Å². The Morgan fingerprint density at radius 1 is 1.13 bits per heavy atom. The van der Waals surface area contributed by atoms with E-state index in [4.69, 9.17) is 19.1 Å². The molecule has 0 atom stereocenters. The minimum absolute atomic E-state index is 0.0546. The topological polar surface area (TPSA) is 82.8 Å². The van der Waals surface area contributed by atoms with Gasteiger partial charge in [-0.2, -0.15) is 0 Å². The van der Waals surface area contributed by atoms with E-state index >= 15 is 0 Å². The van der Waals surface area contributed by atoms with Gasteiger partial charge < -0.3 is 13.3 Å². The monoisotopic (exact) mass is 236 g/mol. The molecule has 0 aromatic rings. The molecule has 0 heterocycles. The van der Waals surface area contributed by atoms with Gasteiger partial charge in [0.05, 0.1) is 6.04 Å². The van der Waals surface area contributed by atoms with Crippen molar-refractivity contribution in [3.05, 3.63) is 0 Å². The average molecular weight is 236 g/mol. The van der Waals surface area contributed by atoms with Crippen LogP contribution in [0.1, 0.15) is 20.8 Å². The van der Waals surface area contributed by atoms with Crippen LogP contribution in [0, 0.1) is 0 Å². The lowest BCUT2D eigenvalue weighted by atomic mass is 10.7. The van der Waals surface area contributed by atoms with Crippen molar-refractivity contribution in [3.63, 3.8) is 0 Å². The lowest BCUT2D eigenvalue weighted by molar-refractivity contribution is -0.120. The Morgan fingerprint density at radius 2 is 1.53 bits per heavy atom. The Kier molecular flexibility index (Phi) is 7.53. The number of rotatable bonds is 8. The molecular formula is C8H20N2O4Si. The SMILES string of the molecule is CCO[Si](CC(=O)NN)(OCC)OCC. The van der Waals surface area contributed by atoms with Crippen LogP contribution in [0.5, 0.6) is 0 Å². The molecule has 3 N–H and O–H groups in total. The van der Waals surface area contributed by atoms with Crippen LogP contribution in [0.2, 0.25) is 6.04 Å². The zero-order chi connectivity index (χ0) is 11.7. The van der Waals surface area contributed by atoms with Gasteiger partial charge in [-0.25, -0.2) is 5.84 Å². The van der Waals surface area contributed by atoms with E-state index in [1.807, 2.05) is 20.8 Å². The highest BCUT2D eigenvalue weighted by atomic mass is 28.4. The third-order valence-corrected chi connectivity index (χ3v) is 4.57. The first-order chi connectivity index (χ1) is 7.14. The van der Waals surface area contributed by atoms with E-state index < -0.39 is 8.80 Å². The summed E-state index contributed by atoms with van der Waals surface area (Å²) in [6, 6.07) is 0.0546. The third-order valence-electron chi connectivity index (χ3n) is 1.63. The number of hydrazine groups is 1. The summed E-state index contributed by atoms with van der Waals surface area (Å²) in [5.74, 6) is 4.69. The summed E-state index contributed by atoms with van der Waals surface area (Å²) in [4.78, 5) is 11.2. The first-order valence-corrected chi connectivity index (χ1v) is 6.98. The van der Waals surface area contributed by atoms with E-state index in [1.54, 1.807) is 0 Å². The normalized spacial score (nSPS) is 11.5. The van der Waals surface area contributed by atoms with Crippen LogP contribution in [-0.2, 0) is 18.1 Å². The fourth-order valence-corrected chi connectivity index (χ4v) is 3.56. The predicted molar refractivity (Wildman–Crippen MR) is 57.8 cm³/mol. The number of carbonyl (C=O) groups excluding carboxylic acids is 1. The maximum Gasteiger partial charge on any atom is 0.510 e. The van der Waals surface area contributed by atoms with Gasteiger partial charge in [-0.1, -0.05) is 0 Å². The van der Waals surface area contributed by atoms with Gasteiger partial charge in [0.15, 0.2) is 0 Å². The first-order valence-electron chi connectivity index (χ1n) is 5.05. The van der Waals surface area contributed by atoms with E-state index in [0.29, 0.717) is 19.8 Å². The minimum atomic E-state index is -2.87. The quantitative estimate of drug-likeness (QED) is 0.269. The van der Waals surface area contributed by atoms with Gasteiger partial charge in [0, 0.05) is 19.8 Å². The summed E-state index contributed by atoms with van der Waals surface area (Å²) in [6.45, 7) is 6.85. The van der Waals surface area contributed by atoms with E-state index in [0.717, 1.165) is 0 Å². The first kappa shape index (κ1) is 14.5. The highest BCUT2D eigenvalue weighted by Gasteiger charge is 2.42. The van der Waals surface area contributed by atoms with E-state index in [2.05, 4.69) is 5.43 Å². The highest BCUT2D eigenvalue weighted by molar-refractivity contribution is 6.64. The second kappa shape index (κ2) is 7.77. The van der Waals surface area contributed by atoms with Gasteiger partial charge in [-0.15, -0.1) is 0 Å². The fraction of sp³-hybridized carbons (Fsp3) is 0.875. The summed E-state index contributed by atoms with van der Waals surface area (Å²) < 4.78 is 16.4. The lowest BCUT2D eigenvalue weighted by Crippen LogP contribution is -2.50. The minimum Gasteiger partial charge on any atom is -0.373 e. The maximum atomic E-state index is 11.2. The largest absolute Gasteiger partial charge is 0.510 e. The summed E-state index contributed by atoms with van der Waals surface area (Å²) in [7, 11) is -2.87. The van der Waals surface area contributed by atoms with Crippen molar-refractivity contribution in [2.45, 2.75) is 26.8 Å². The lowest BCUT2D eigenvalue weighted by Gasteiger charge is -2.27. The molecule has 0 aromatic carbocycles. The molecule has 0 saturated heterocycles. The molecule has 0 aromatic heterocycles. The molecule has 0 aliphatic rings. The Hall–Kier alpha value is -0.473. The number of carbonyl (C=O) groups is 1. The number of nitrogens with one attached hydrogen (secondary N) is 1. The Balaban J connectivity index is 4.51. The van der Waals surface area contributed by atoms with Crippen LogP contribution in [0.25, 0.3) is 0 Å². The number of hydrogen-bond acceptors (Lipinski definition) is 5. The van der Waals surface area contributed by atoms with Crippen molar-refractivity contribution < 1.29 is 18.1 Å². The van der Waals surface area contributed by atoms with Crippen molar-refractivity contribution in [2.75, 3.05) is 19.8 Å². The van der Waals surface area contributed by atoms with Crippen LogP contribution in [-0.4, -0.2) is 34.5 Å². The average Bonchev–Trinajstić information content (AvgIpc) is 2.18. The van der Waals surface area contributed by atoms with Crippen LogP contribution in [0.4, 0.5) is 0 Å². The molecule has 0 fully saturated rings. The Bertz CT molecular complexity index is 174. The standard InChI is InChI=1S/C8H20N2O4Si/c1-4-12-15(13-5-2,14-6-3)7-8(11)10-9/h4-7,9H2,1-3H3,(H,10,11). The van der Waals surface area contributed by atoms with Gasteiger partial charge in [0.2, 0.25) is 5.91 Å². The molecule has 7 heteroatoms. The van der Waals surface area contributed by atoms with Gasteiger partial charge in [0.25, 0.3) is 0 Å². The zero-order valence-electron chi connectivity index (χ0n) is 9.54. The number of amides is 1. The van der Waals surface area contributed by atoms with Crippen molar-refractivity contribution in [3.8, 4) is 0 Å². The van der Waals surface area contributed by atoms with Crippen molar-refractivity contribution in [1.82, 2.24) is 5.43 Å². The highest BCUT2D eigenvalue weighted by Crippen LogP contribution is 2.15. The van der Waals surface area contributed by atoms with Crippen molar-refractivity contribution >= 4 is 14.7 Å². The molecule has 0 radical (unpaired) electrons. The molecule has 1 amide bonds. The van der Waals surface area contributed by atoms with E-state index in [1.165, 1.54) is 0 Å². The molecule has 6 nitrogen and oxygen atoms in total. The van der Waals surface area contributed by atoms with Gasteiger partial charge in [0.1, 0.15) is 0 Å². The van der Waals surface area contributed by atoms with Crippen LogP contribution >= 0.6 is 0 Å². The molecule has 0 bridgehead atoms. The molecular weight excluding hydrogens is 216 g/mol. The second-order valence-electron chi connectivity index (χ2n) is 2.73. The zero-order valence-corrected chi connectivity index (χ0v) is 10.5. The molecule has 0 aliphatic carbocycles. The smallest absolute Gasteiger partial charge is 0.373 e. The molecule has 0 saturated carbocycles. The van der Waals surface area contributed by atoms with Crippen LogP contribution in [0.15, 0.2) is 0 Å². The molecule has 0 spiro atoms. The van der Waals surface area contributed by atoms with E-state index in [9.17, 15) is 4.79 Å². The van der Waals surface area contributed by atoms with Gasteiger partial charge in [-0.05, 0) is 20.8 Å². The van der Waals surface area contributed by atoms with Gasteiger partial charge in [-0.3, -0.25) is 10.2 Å². The summed E-state index contributed by atoms with van der Waals surface area (Å²) in [6.07, 6.45) is 0. The maximum absolute atomic E-state index is 11.2. The summed E-state index contributed by atoms with van der Waals surface area (Å²) >= 11 is 0. The predicted octanol–water partition coefficient (Wildman–Crippen LogP) is 0.0247. The molecule has 15 heavy (non-hydrogen) atoms. The molecule has 0 aliphatic heterocycles. The summed E-state index contributed by atoms with van der Waals surface area (Å²) in [5, 5.41) is 0. The van der Waals surface area contributed by atoms with Crippen molar-refractivity contribution in [1.29, 1.82) is 0 Å².